The minimum absolute atomic E-state index is 0.265. The SMILES string of the molecule is COc1ccccc1OC1CN(C2CCCCC2OC)C1. The van der Waals surface area contributed by atoms with Crippen molar-refractivity contribution in [2.75, 3.05) is 27.3 Å². The Labute approximate surface area is 127 Å². The van der Waals surface area contributed by atoms with Gasteiger partial charge in [-0.25, -0.2) is 0 Å². The molecule has 0 N–H and O–H groups in total. The quantitative estimate of drug-likeness (QED) is 0.834. The summed E-state index contributed by atoms with van der Waals surface area (Å²) in [6.07, 6.45) is 5.71. The highest BCUT2D eigenvalue weighted by Crippen LogP contribution is 2.32. The first-order chi connectivity index (χ1) is 10.3. The minimum atomic E-state index is 0.265. The van der Waals surface area contributed by atoms with Crippen LogP contribution in [0.4, 0.5) is 0 Å². The molecule has 1 aromatic rings. The van der Waals surface area contributed by atoms with Crippen molar-refractivity contribution in [3.63, 3.8) is 0 Å². The molecule has 0 aromatic heterocycles. The Morgan fingerprint density at radius 1 is 1.00 bits per heavy atom. The van der Waals surface area contributed by atoms with E-state index in [2.05, 4.69) is 4.90 Å². The third-order valence-corrected chi connectivity index (χ3v) is 4.68. The zero-order chi connectivity index (χ0) is 14.7. The van der Waals surface area contributed by atoms with Crippen LogP contribution in [-0.2, 0) is 4.74 Å². The van der Waals surface area contributed by atoms with Gasteiger partial charge in [0.15, 0.2) is 11.5 Å². The summed E-state index contributed by atoms with van der Waals surface area (Å²) >= 11 is 0. The monoisotopic (exact) mass is 291 g/mol. The summed E-state index contributed by atoms with van der Waals surface area (Å²) < 4.78 is 17.0. The lowest BCUT2D eigenvalue weighted by Gasteiger charge is -2.47. The lowest BCUT2D eigenvalue weighted by molar-refractivity contribution is -0.0754. The predicted molar refractivity (Wildman–Crippen MR) is 82.0 cm³/mol. The third-order valence-electron chi connectivity index (χ3n) is 4.68. The normalized spacial score (nSPS) is 27.1. The molecule has 4 heteroatoms. The summed E-state index contributed by atoms with van der Waals surface area (Å²) in [6.45, 7) is 1.98. The van der Waals surface area contributed by atoms with Crippen molar-refractivity contribution in [2.24, 2.45) is 0 Å². The summed E-state index contributed by atoms with van der Waals surface area (Å²) in [5.41, 5.74) is 0. The largest absolute Gasteiger partial charge is 0.493 e. The summed E-state index contributed by atoms with van der Waals surface area (Å²) in [6, 6.07) is 8.43. The highest BCUT2D eigenvalue weighted by atomic mass is 16.5. The van der Waals surface area contributed by atoms with Crippen molar-refractivity contribution in [1.29, 1.82) is 0 Å². The Kier molecular flexibility index (Phi) is 4.66. The Hall–Kier alpha value is -1.26. The maximum atomic E-state index is 6.05. The van der Waals surface area contributed by atoms with Crippen molar-refractivity contribution < 1.29 is 14.2 Å². The molecule has 4 nitrogen and oxygen atoms in total. The summed E-state index contributed by atoms with van der Waals surface area (Å²) in [4.78, 5) is 2.51. The van der Waals surface area contributed by atoms with Gasteiger partial charge in [0, 0.05) is 26.2 Å². The number of likely N-dealkylation sites (tertiary alicyclic amines) is 1. The number of hydrogen-bond donors (Lipinski definition) is 0. The Morgan fingerprint density at radius 2 is 1.71 bits per heavy atom. The molecule has 116 valence electrons. The van der Waals surface area contributed by atoms with Gasteiger partial charge in [0.1, 0.15) is 6.10 Å². The first kappa shape index (κ1) is 14.7. The van der Waals surface area contributed by atoms with Gasteiger partial charge >= 0.3 is 0 Å². The summed E-state index contributed by atoms with van der Waals surface area (Å²) in [5, 5.41) is 0. The fourth-order valence-electron chi connectivity index (χ4n) is 3.48. The van der Waals surface area contributed by atoms with Gasteiger partial charge in [0.25, 0.3) is 0 Å². The topological polar surface area (TPSA) is 30.9 Å². The van der Waals surface area contributed by atoms with Gasteiger partial charge in [-0.1, -0.05) is 25.0 Å². The highest BCUT2D eigenvalue weighted by Gasteiger charge is 2.38. The van der Waals surface area contributed by atoms with Crippen LogP contribution in [0.3, 0.4) is 0 Å². The number of ether oxygens (including phenoxy) is 3. The van der Waals surface area contributed by atoms with Gasteiger partial charge < -0.3 is 14.2 Å². The number of methoxy groups -OCH3 is 2. The maximum absolute atomic E-state index is 6.05. The van der Waals surface area contributed by atoms with Crippen LogP contribution in [0, 0.1) is 0 Å². The molecule has 1 aromatic carbocycles. The molecule has 2 atom stereocenters. The first-order valence-corrected chi connectivity index (χ1v) is 7.88. The van der Waals surface area contributed by atoms with E-state index in [1.54, 1.807) is 7.11 Å². The van der Waals surface area contributed by atoms with Crippen molar-refractivity contribution in [2.45, 2.75) is 43.9 Å². The average Bonchev–Trinajstić information content (AvgIpc) is 2.51. The highest BCUT2D eigenvalue weighted by molar-refractivity contribution is 5.39. The smallest absolute Gasteiger partial charge is 0.161 e. The van der Waals surface area contributed by atoms with Gasteiger partial charge in [0.05, 0.1) is 13.2 Å². The molecule has 0 bridgehead atoms. The molecule has 2 fully saturated rings. The van der Waals surface area contributed by atoms with E-state index in [9.17, 15) is 0 Å². The van der Waals surface area contributed by atoms with Crippen molar-refractivity contribution in [3.05, 3.63) is 24.3 Å². The van der Waals surface area contributed by atoms with Crippen molar-refractivity contribution >= 4 is 0 Å². The second-order valence-corrected chi connectivity index (χ2v) is 5.97. The molecule has 1 saturated heterocycles. The summed E-state index contributed by atoms with van der Waals surface area (Å²) in [7, 11) is 3.52. The van der Waals surface area contributed by atoms with Crippen LogP contribution in [0.15, 0.2) is 24.3 Å². The molecule has 21 heavy (non-hydrogen) atoms. The lowest BCUT2D eigenvalue weighted by atomic mass is 9.89. The first-order valence-electron chi connectivity index (χ1n) is 7.88. The van der Waals surface area contributed by atoms with Crippen molar-refractivity contribution in [3.8, 4) is 11.5 Å². The summed E-state index contributed by atoms with van der Waals surface area (Å²) in [5.74, 6) is 1.65. The fraction of sp³-hybridized carbons (Fsp3) is 0.647. The molecule has 1 heterocycles. The van der Waals surface area contributed by atoms with E-state index in [0.29, 0.717) is 12.1 Å². The zero-order valence-electron chi connectivity index (χ0n) is 13.0. The van der Waals surface area contributed by atoms with Crippen LogP contribution in [0.5, 0.6) is 11.5 Å². The number of hydrogen-bond acceptors (Lipinski definition) is 4. The van der Waals surface area contributed by atoms with Crippen LogP contribution in [0.25, 0.3) is 0 Å². The Balaban J connectivity index is 1.53. The van der Waals surface area contributed by atoms with E-state index in [-0.39, 0.29) is 6.10 Å². The van der Waals surface area contributed by atoms with E-state index >= 15 is 0 Å². The Bertz CT molecular complexity index is 459. The molecule has 0 amide bonds. The maximum Gasteiger partial charge on any atom is 0.161 e. The van der Waals surface area contributed by atoms with E-state index in [4.69, 9.17) is 14.2 Å². The van der Waals surface area contributed by atoms with Crippen LogP contribution in [-0.4, -0.2) is 50.5 Å². The molecule has 1 aliphatic carbocycles. The molecule has 2 unspecified atom stereocenters. The number of nitrogens with zero attached hydrogens (tertiary/aromatic N) is 1. The molecule has 0 spiro atoms. The average molecular weight is 291 g/mol. The van der Waals surface area contributed by atoms with Gasteiger partial charge in [-0.2, -0.15) is 0 Å². The molecular formula is C17H25NO3. The van der Waals surface area contributed by atoms with Gasteiger partial charge in [-0.15, -0.1) is 0 Å². The minimum Gasteiger partial charge on any atom is -0.493 e. The van der Waals surface area contributed by atoms with E-state index in [0.717, 1.165) is 24.6 Å². The van der Waals surface area contributed by atoms with Gasteiger partial charge in [-0.05, 0) is 25.0 Å². The fourth-order valence-corrected chi connectivity index (χ4v) is 3.48. The number of benzene rings is 1. The van der Waals surface area contributed by atoms with E-state index < -0.39 is 0 Å². The van der Waals surface area contributed by atoms with E-state index in [1.165, 1.54) is 25.7 Å². The molecule has 3 rings (SSSR count). The van der Waals surface area contributed by atoms with Crippen LogP contribution >= 0.6 is 0 Å². The van der Waals surface area contributed by atoms with Crippen LogP contribution in [0.2, 0.25) is 0 Å². The number of para-hydroxylation sites is 2. The molecular weight excluding hydrogens is 266 g/mol. The molecule has 1 saturated carbocycles. The second kappa shape index (κ2) is 6.67. The zero-order valence-corrected chi connectivity index (χ0v) is 13.0. The Morgan fingerprint density at radius 3 is 2.43 bits per heavy atom. The predicted octanol–water partition coefficient (Wildman–Crippen LogP) is 2.72. The van der Waals surface area contributed by atoms with Gasteiger partial charge in [0.2, 0.25) is 0 Å². The van der Waals surface area contributed by atoms with Gasteiger partial charge in [-0.3, -0.25) is 4.90 Å². The van der Waals surface area contributed by atoms with E-state index in [1.807, 2.05) is 31.4 Å². The second-order valence-electron chi connectivity index (χ2n) is 5.97. The molecule has 0 radical (unpaired) electrons. The van der Waals surface area contributed by atoms with Crippen LogP contribution < -0.4 is 9.47 Å². The third kappa shape index (κ3) is 3.16. The lowest BCUT2D eigenvalue weighted by Crippen LogP contribution is -2.61. The van der Waals surface area contributed by atoms with Crippen LogP contribution in [0.1, 0.15) is 25.7 Å². The van der Waals surface area contributed by atoms with Crippen molar-refractivity contribution in [1.82, 2.24) is 4.90 Å². The molecule has 2 aliphatic rings. The molecule has 1 aliphatic heterocycles. The number of rotatable bonds is 5. The standard InChI is InChI=1S/C17H25NO3/c1-19-15-8-4-3-7-14(15)18-11-13(12-18)21-17-10-6-5-9-16(17)20-2/h5-6,9-10,13-15H,3-4,7-8,11-12H2,1-2H3.